The highest BCUT2D eigenvalue weighted by molar-refractivity contribution is 7.99. The molecule has 0 fully saturated rings. The van der Waals surface area contributed by atoms with Crippen LogP contribution in [0.3, 0.4) is 0 Å². The molecule has 27 heavy (non-hydrogen) atoms. The van der Waals surface area contributed by atoms with Crippen molar-refractivity contribution in [3.63, 3.8) is 0 Å². The van der Waals surface area contributed by atoms with Gasteiger partial charge in [-0.3, -0.25) is 0 Å². The number of urea groups is 1. The number of hydrogen-bond acceptors (Lipinski definition) is 7. The van der Waals surface area contributed by atoms with E-state index in [9.17, 15) is 9.59 Å². The zero-order chi connectivity index (χ0) is 19.4. The van der Waals surface area contributed by atoms with Crippen molar-refractivity contribution in [3.05, 3.63) is 46.7 Å². The number of amides is 2. The van der Waals surface area contributed by atoms with Gasteiger partial charge in [0.25, 0.3) is 0 Å². The van der Waals surface area contributed by atoms with E-state index in [2.05, 4.69) is 26.2 Å². The van der Waals surface area contributed by atoms with E-state index in [-0.39, 0.29) is 12.6 Å². The molecular formula is C17H20N6O3S. The van der Waals surface area contributed by atoms with Crippen LogP contribution in [-0.4, -0.2) is 44.6 Å². The lowest BCUT2D eigenvalue weighted by molar-refractivity contribution is -0.139. The zero-order valence-corrected chi connectivity index (χ0v) is 16.0. The molecule has 0 spiro atoms. The predicted octanol–water partition coefficient (Wildman–Crippen LogP) is 1.48. The minimum atomic E-state index is -0.591. The lowest BCUT2D eigenvalue weighted by atomic mass is 9.92. The lowest BCUT2D eigenvalue weighted by Gasteiger charge is -2.30. The van der Waals surface area contributed by atoms with Gasteiger partial charge in [0.1, 0.15) is 0 Å². The Labute approximate surface area is 160 Å². The quantitative estimate of drug-likeness (QED) is 0.569. The Hall–Kier alpha value is -2.88. The normalized spacial score (nSPS) is 16.7. The maximum absolute atomic E-state index is 12.7. The molecule has 142 valence electrons. The number of aromatic nitrogens is 4. The summed E-state index contributed by atoms with van der Waals surface area (Å²) in [5.41, 5.74) is 2.68. The van der Waals surface area contributed by atoms with Crippen LogP contribution < -0.4 is 10.6 Å². The number of ether oxygens (including phenoxy) is 1. The Morgan fingerprint density at radius 1 is 1.37 bits per heavy atom. The second-order valence-corrected chi connectivity index (χ2v) is 6.82. The largest absolute Gasteiger partial charge is 0.463 e. The van der Waals surface area contributed by atoms with E-state index in [4.69, 9.17) is 4.74 Å². The van der Waals surface area contributed by atoms with E-state index < -0.39 is 12.0 Å². The third-order valence-electron chi connectivity index (χ3n) is 4.08. The zero-order valence-electron chi connectivity index (χ0n) is 15.2. The number of hydrogen-bond donors (Lipinski definition) is 2. The van der Waals surface area contributed by atoms with Crippen molar-refractivity contribution in [1.82, 2.24) is 30.8 Å². The molecule has 0 saturated carbocycles. The smallest absolute Gasteiger partial charge is 0.338 e. The SMILES string of the molecule is CCOC(=O)C1=C(CSc2nnnn2C)NC(=O)N[C@@H]1c1ccccc1C. The van der Waals surface area contributed by atoms with Gasteiger partial charge in [-0.2, -0.15) is 0 Å². The second-order valence-electron chi connectivity index (χ2n) is 5.87. The first-order valence-corrected chi connectivity index (χ1v) is 9.38. The molecule has 0 saturated heterocycles. The van der Waals surface area contributed by atoms with Crippen molar-refractivity contribution < 1.29 is 14.3 Å². The fraction of sp³-hybridized carbons (Fsp3) is 0.353. The van der Waals surface area contributed by atoms with Gasteiger partial charge in [0.15, 0.2) is 0 Å². The Morgan fingerprint density at radius 3 is 2.81 bits per heavy atom. The Morgan fingerprint density at radius 2 is 2.15 bits per heavy atom. The minimum absolute atomic E-state index is 0.240. The van der Waals surface area contributed by atoms with Gasteiger partial charge in [0, 0.05) is 18.5 Å². The molecule has 2 amide bonds. The number of benzene rings is 1. The van der Waals surface area contributed by atoms with Gasteiger partial charge < -0.3 is 15.4 Å². The monoisotopic (exact) mass is 388 g/mol. The molecule has 1 aromatic carbocycles. The average molecular weight is 388 g/mol. The highest BCUT2D eigenvalue weighted by Crippen LogP contribution is 2.31. The number of thioether (sulfide) groups is 1. The van der Waals surface area contributed by atoms with Crippen LogP contribution in [0.4, 0.5) is 4.79 Å². The van der Waals surface area contributed by atoms with Crippen molar-refractivity contribution in [1.29, 1.82) is 0 Å². The van der Waals surface area contributed by atoms with Crippen LogP contribution in [0.5, 0.6) is 0 Å². The van der Waals surface area contributed by atoms with Gasteiger partial charge in [0.2, 0.25) is 5.16 Å². The van der Waals surface area contributed by atoms with E-state index >= 15 is 0 Å². The fourth-order valence-corrected chi connectivity index (χ4v) is 3.62. The molecule has 1 aliphatic rings. The van der Waals surface area contributed by atoms with Gasteiger partial charge in [-0.05, 0) is 35.4 Å². The van der Waals surface area contributed by atoms with E-state index in [0.717, 1.165) is 11.1 Å². The summed E-state index contributed by atoms with van der Waals surface area (Å²) in [5, 5.41) is 17.4. The summed E-state index contributed by atoms with van der Waals surface area (Å²) in [6.45, 7) is 3.92. The summed E-state index contributed by atoms with van der Waals surface area (Å²) in [5.74, 6) is -0.150. The summed E-state index contributed by atoms with van der Waals surface area (Å²) >= 11 is 1.32. The highest BCUT2D eigenvalue weighted by atomic mass is 32.2. The fourth-order valence-electron chi connectivity index (χ4n) is 2.81. The maximum Gasteiger partial charge on any atom is 0.338 e. The van der Waals surface area contributed by atoms with Gasteiger partial charge >= 0.3 is 12.0 Å². The number of rotatable bonds is 6. The van der Waals surface area contributed by atoms with Crippen LogP contribution in [0, 0.1) is 6.92 Å². The number of carbonyl (C=O) groups is 2. The van der Waals surface area contributed by atoms with Gasteiger partial charge in [0.05, 0.1) is 18.2 Å². The van der Waals surface area contributed by atoms with Crippen LogP contribution >= 0.6 is 11.8 Å². The molecule has 2 aromatic rings. The summed E-state index contributed by atoms with van der Waals surface area (Å²) in [7, 11) is 1.72. The van der Waals surface area contributed by atoms with Crippen LogP contribution in [0.1, 0.15) is 24.1 Å². The van der Waals surface area contributed by atoms with Gasteiger partial charge in [-0.15, -0.1) is 5.10 Å². The van der Waals surface area contributed by atoms with Gasteiger partial charge in [-0.25, -0.2) is 14.3 Å². The third kappa shape index (κ3) is 4.11. The minimum Gasteiger partial charge on any atom is -0.463 e. The lowest BCUT2D eigenvalue weighted by Crippen LogP contribution is -2.46. The molecule has 10 heteroatoms. The van der Waals surface area contributed by atoms with E-state index in [1.807, 2.05) is 31.2 Å². The molecule has 2 N–H and O–H groups in total. The van der Waals surface area contributed by atoms with Crippen LogP contribution in [0.2, 0.25) is 0 Å². The third-order valence-corrected chi connectivity index (χ3v) is 5.11. The molecule has 9 nitrogen and oxygen atoms in total. The molecule has 1 aromatic heterocycles. The molecule has 0 unspecified atom stereocenters. The molecule has 0 bridgehead atoms. The number of carbonyl (C=O) groups excluding carboxylic acids is 2. The van der Waals surface area contributed by atoms with Crippen LogP contribution in [0.25, 0.3) is 0 Å². The Balaban J connectivity index is 2.00. The standard InChI is InChI=1S/C17H20N6O3S/c1-4-26-15(24)13-12(9-27-17-20-21-22-23(17)3)18-16(25)19-14(13)11-8-6-5-7-10(11)2/h5-8,14H,4,9H2,1-3H3,(H2,18,19,25)/t14-/m1/s1. The highest BCUT2D eigenvalue weighted by Gasteiger charge is 2.34. The van der Waals surface area contributed by atoms with Crippen molar-refractivity contribution in [2.45, 2.75) is 25.0 Å². The second kappa shape index (κ2) is 8.21. The molecule has 1 atom stereocenters. The summed E-state index contributed by atoms with van der Waals surface area (Å²) in [6, 6.07) is 6.65. The number of esters is 1. The number of tetrazole rings is 1. The van der Waals surface area contributed by atoms with Crippen LogP contribution in [-0.2, 0) is 16.6 Å². The van der Waals surface area contributed by atoms with Gasteiger partial charge in [-0.1, -0.05) is 36.0 Å². The topological polar surface area (TPSA) is 111 Å². The average Bonchev–Trinajstić information content (AvgIpc) is 3.05. The summed E-state index contributed by atoms with van der Waals surface area (Å²) in [6.07, 6.45) is 0. The number of nitrogens with one attached hydrogen (secondary N) is 2. The van der Waals surface area contributed by atoms with E-state index in [1.54, 1.807) is 14.0 Å². The maximum atomic E-state index is 12.7. The van der Waals surface area contributed by atoms with E-state index in [1.165, 1.54) is 16.4 Å². The van der Waals surface area contributed by atoms with Crippen molar-refractivity contribution in [3.8, 4) is 0 Å². The van der Waals surface area contributed by atoms with Crippen molar-refractivity contribution in [2.24, 2.45) is 7.05 Å². The Kier molecular flexibility index (Phi) is 5.75. The predicted molar refractivity (Wildman–Crippen MR) is 98.8 cm³/mol. The summed E-state index contributed by atoms with van der Waals surface area (Å²) < 4.78 is 6.78. The molecule has 1 aliphatic heterocycles. The molecule has 0 radical (unpaired) electrons. The number of aryl methyl sites for hydroxylation is 2. The number of nitrogens with zero attached hydrogens (tertiary/aromatic N) is 4. The van der Waals surface area contributed by atoms with Crippen LogP contribution in [0.15, 0.2) is 40.7 Å². The summed E-state index contributed by atoms with van der Waals surface area (Å²) in [4.78, 5) is 25.0. The van der Waals surface area contributed by atoms with Crippen molar-refractivity contribution >= 4 is 23.8 Å². The molecular weight excluding hydrogens is 368 g/mol. The molecule has 3 rings (SSSR count). The first kappa shape index (κ1) is 18.9. The first-order valence-electron chi connectivity index (χ1n) is 8.39. The van der Waals surface area contributed by atoms with Crippen molar-refractivity contribution in [2.75, 3.05) is 12.4 Å². The Bertz CT molecular complexity index is 894. The molecule has 2 heterocycles. The van der Waals surface area contributed by atoms with E-state index in [0.29, 0.717) is 22.2 Å². The first-order chi connectivity index (χ1) is 13.0. The molecule has 0 aliphatic carbocycles.